The Balaban J connectivity index is 1.59. The van der Waals surface area contributed by atoms with Crippen molar-refractivity contribution >= 4 is 22.6 Å². The van der Waals surface area contributed by atoms with Gasteiger partial charge in [-0.15, -0.1) is 0 Å². The van der Waals surface area contributed by atoms with Crippen LogP contribution in [0, 0.1) is 5.92 Å². The summed E-state index contributed by atoms with van der Waals surface area (Å²) < 4.78 is 6.96. The molecule has 2 heterocycles. The molecule has 5 nitrogen and oxygen atoms in total. The molecule has 0 unspecified atom stereocenters. The lowest BCUT2D eigenvalue weighted by molar-refractivity contribution is 0.183. The van der Waals surface area contributed by atoms with E-state index in [0.29, 0.717) is 6.61 Å². The quantitative estimate of drug-likeness (QED) is 0.929. The molecule has 21 heavy (non-hydrogen) atoms. The van der Waals surface area contributed by atoms with Gasteiger partial charge in [-0.25, -0.2) is 0 Å². The molecule has 1 saturated carbocycles. The van der Waals surface area contributed by atoms with E-state index in [1.807, 2.05) is 28.8 Å². The molecule has 3 rings (SSSR count). The number of hydrogen-bond donors (Lipinski definition) is 1. The zero-order valence-electron chi connectivity index (χ0n) is 12.8. The molecule has 1 aliphatic carbocycles. The van der Waals surface area contributed by atoms with E-state index in [4.69, 9.17) is 9.73 Å². The minimum atomic E-state index is 0.200. The fourth-order valence-corrected chi connectivity index (χ4v) is 4.17. The Morgan fingerprint density at radius 1 is 1.48 bits per heavy atom. The number of thioether (sulfide) groups is 1. The van der Waals surface area contributed by atoms with Crippen LogP contribution >= 0.6 is 11.8 Å². The van der Waals surface area contributed by atoms with Crippen molar-refractivity contribution in [2.45, 2.75) is 44.7 Å². The van der Waals surface area contributed by atoms with Crippen LogP contribution in [-0.2, 0) is 11.3 Å². The van der Waals surface area contributed by atoms with Gasteiger partial charge in [0.25, 0.3) is 0 Å². The fraction of sp³-hybridized carbons (Fsp3) is 0.733. The molecule has 1 spiro atoms. The second-order valence-electron chi connectivity index (χ2n) is 6.22. The van der Waals surface area contributed by atoms with Crippen LogP contribution in [0.2, 0.25) is 0 Å². The summed E-state index contributed by atoms with van der Waals surface area (Å²) >= 11 is 1.85. The lowest BCUT2D eigenvalue weighted by Gasteiger charge is -2.32. The van der Waals surface area contributed by atoms with Crippen molar-refractivity contribution in [1.29, 1.82) is 0 Å². The molecular formula is C15H24N4OS. The van der Waals surface area contributed by atoms with Crippen molar-refractivity contribution in [3.63, 3.8) is 0 Å². The molecule has 2 aliphatic rings. The van der Waals surface area contributed by atoms with Crippen LogP contribution in [-0.4, -0.2) is 40.0 Å². The first kappa shape index (κ1) is 14.9. The average molecular weight is 308 g/mol. The van der Waals surface area contributed by atoms with E-state index in [9.17, 15) is 0 Å². The number of nitrogens with zero attached hydrogens (tertiary/aromatic N) is 3. The highest BCUT2D eigenvalue weighted by Gasteiger charge is 2.38. The van der Waals surface area contributed by atoms with Crippen LogP contribution in [0.5, 0.6) is 0 Å². The van der Waals surface area contributed by atoms with Crippen molar-refractivity contribution < 1.29 is 4.74 Å². The molecule has 1 aromatic heterocycles. The molecule has 0 amide bonds. The number of aromatic nitrogens is 2. The maximum absolute atomic E-state index is 5.06. The molecule has 116 valence electrons. The predicted octanol–water partition coefficient (Wildman–Crippen LogP) is 2.99. The van der Waals surface area contributed by atoms with Crippen molar-refractivity contribution in [2.24, 2.45) is 10.9 Å². The first-order valence-electron chi connectivity index (χ1n) is 7.70. The molecular weight excluding hydrogens is 284 g/mol. The normalized spacial score (nSPS) is 28.9. The molecule has 1 N–H and O–H groups in total. The zero-order valence-corrected chi connectivity index (χ0v) is 13.7. The van der Waals surface area contributed by atoms with Crippen molar-refractivity contribution in [2.75, 3.05) is 24.8 Å². The van der Waals surface area contributed by atoms with Gasteiger partial charge in [-0.05, 0) is 31.6 Å². The van der Waals surface area contributed by atoms with Gasteiger partial charge in [0.15, 0.2) is 5.17 Å². The third kappa shape index (κ3) is 3.61. The zero-order chi connectivity index (χ0) is 14.7. The molecule has 0 aromatic carbocycles. The lowest BCUT2D eigenvalue weighted by Crippen LogP contribution is -2.32. The van der Waals surface area contributed by atoms with Gasteiger partial charge in [-0.2, -0.15) is 5.10 Å². The largest absolute Gasteiger partial charge is 0.383 e. The van der Waals surface area contributed by atoms with E-state index in [1.54, 1.807) is 7.11 Å². The number of hydrogen-bond acceptors (Lipinski definition) is 5. The summed E-state index contributed by atoms with van der Waals surface area (Å²) in [5.74, 6) is 1.99. The van der Waals surface area contributed by atoms with Crippen LogP contribution < -0.4 is 5.32 Å². The van der Waals surface area contributed by atoms with Crippen molar-refractivity contribution in [3.8, 4) is 0 Å². The standard InChI is InChI=1S/C15H24N4OS/c1-12-3-5-15(6-4-12)11-21-14(18-15)17-13-9-16-19(10-13)7-8-20-2/h9-10,12H,3-8,11H2,1-2H3,(H,17,18). The average Bonchev–Trinajstić information content (AvgIpc) is 3.09. The highest BCUT2D eigenvalue weighted by atomic mass is 32.2. The Hall–Kier alpha value is -1.01. The van der Waals surface area contributed by atoms with Crippen LogP contribution in [0.3, 0.4) is 0 Å². The predicted molar refractivity (Wildman–Crippen MR) is 88.0 cm³/mol. The summed E-state index contributed by atoms with van der Waals surface area (Å²) in [5.41, 5.74) is 1.21. The fourth-order valence-electron chi connectivity index (χ4n) is 2.96. The summed E-state index contributed by atoms with van der Waals surface area (Å²) in [4.78, 5) is 4.99. The minimum Gasteiger partial charge on any atom is -0.383 e. The summed E-state index contributed by atoms with van der Waals surface area (Å²) in [7, 11) is 1.71. The maximum atomic E-state index is 5.06. The van der Waals surface area contributed by atoms with Crippen molar-refractivity contribution in [1.82, 2.24) is 9.78 Å². The van der Waals surface area contributed by atoms with E-state index in [-0.39, 0.29) is 5.54 Å². The van der Waals surface area contributed by atoms with Gasteiger partial charge in [-0.3, -0.25) is 9.67 Å². The lowest BCUT2D eigenvalue weighted by atomic mass is 9.79. The van der Waals surface area contributed by atoms with Crippen LogP contribution in [0.1, 0.15) is 32.6 Å². The number of nitrogens with one attached hydrogen (secondary N) is 1. The second-order valence-corrected chi connectivity index (χ2v) is 7.19. The smallest absolute Gasteiger partial charge is 0.161 e. The number of rotatable bonds is 4. The highest BCUT2D eigenvalue weighted by Crippen LogP contribution is 2.41. The summed E-state index contributed by atoms with van der Waals surface area (Å²) in [6.45, 7) is 3.81. The van der Waals surface area contributed by atoms with Gasteiger partial charge in [-0.1, -0.05) is 18.7 Å². The van der Waals surface area contributed by atoms with Crippen LogP contribution in [0.4, 0.5) is 5.69 Å². The van der Waals surface area contributed by atoms with Gasteiger partial charge >= 0.3 is 0 Å². The van der Waals surface area contributed by atoms with Gasteiger partial charge in [0.1, 0.15) is 0 Å². The number of anilines is 1. The molecule has 0 bridgehead atoms. The summed E-state index contributed by atoms with van der Waals surface area (Å²) in [5, 5.41) is 8.78. The number of amidine groups is 1. The molecule has 0 saturated heterocycles. The van der Waals surface area contributed by atoms with Crippen LogP contribution in [0.25, 0.3) is 0 Å². The second kappa shape index (κ2) is 6.40. The maximum Gasteiger partial charge on any atom is 0.161 e. The summed E-state index contributed by atoms with van der Waals surface area (Å²) in [6, 6.07) is 0. The Morgan fingerprint density at radius 3 is 3.05 bits per heavy atom. The SMILES string of the molecule is COCCn1cc(NC2=NC3(CCC(C)CC3)CS2)cn1. The molecule has 6 heteroatoms. The van der Waals surface area contributed by atoms with Crippen molar-refractivity contribution in [3.05, 3.63) is 12.4 Å². The Bertz CT molecular complexity index is 506. The topological polar surface area (TPSA) is 51.4 Å². The highest BCUT2D eigenvalue weighted by molar-refractivity contribution is 8.14. The van der Waals surface area contributed by atoms with Gasteiger partial charge in [0, 0.05) is 19.1 Å². The Kier molecular flexibility index (Phi) is 4.54. The van der Waals surface area contributed by atoms with E-state index < -0.39 is 0 Å². The van der Waals surface area contributed by atoms with Crippen LogP contribution in [0.15, 0.2) is 17.4 Å². The van der Waals surface area contributed by atoms with Gasteiger partial charge < -0.3 is 10.1 Å². The van der Waals surface area contributed by atoms with E-state index >= 15 is 0 Å². The monoisotopic (exact) mass is 308 g/mol. The Labute approximate surface area is 130 Å². The van der Waals surface area contributed by atoms with E-state index in [0.717, 1.165) is 29.1 Å². The number of ether oxygens (including phenoxy) is 1. The van der Waals surface area contributed by atoms with Gasteiger partial charge in [0.2, 0.25) is 0 Å². The molecule has 1 aliphatic heterocycles. The first-order valence-corrected chi connectivity index (χ1v) is 8.69. The molecule has 1 fully saturated rings. The molecule has 0 radical (unpaired) electrons. The van der Waals surface area contributed by atoms with Gasteiger partial charge in [0.05, 0.1) is 30.6 Å². The van der Waals surface area contributed by atoms with E-state index in [1.165, 1.54) is 25.7 Å². The third-order valence-electron chi connectivity index (χ3n) is 4.43. The molecule has 0 atom stereocenters. The van der Waals surface area contributed by atoms with E-state index in [2.05, 4.69) is 17.3 Å². The summed E-state index contributed by atoms with van der Waals surface area (Å²) in [6.07, 6.45) is 8.96. The third-order valence-corrected chi connectivity index (χ3v) is 5.58. The number of aliphatic imine (C=N–C) groups is 1. The first-order chi connectivity index (χ1) is 10.2. The minimum absolute atomic E-state index is 0.200. The molecule has 1 aromatic rings. The number of methoxy groups -OCH3 is 1. The Morgan fingerprint density at radius 2 is 2.29 bits per heavy atom.